The topological polar surface area (TPSA) is 32.3 Å². The molecular weight excluding hydrogens is 287 g/mol. The molecule has 0 bridgehead atoms. The van der Waals surface area contributed by atoms with Gasteiger partial charge in [-0.25, -0.2) is 0 Å². The number of thioether (sulfide) groups is 1. The molecule has 20 heavy (non-hydrogen) atoms. The van der Waals surface area contributed by atoms with E-state index < -0.39 is 17.8 Å². The Morgan fingerprint density at radius 2 is 2.00 bits per heavy atom. The van der Waals surface area contributed by atoms with Gasteiger partial charge in [-0.05, 0) is 36.3 Å². The van der Waals surface area contributed by atoms with Crippen LogP contribution in [0.25, 0.3) is 0 Å². The monoisotopic (exact) mass is 305 g/mol. The summed E-state index contributed by atoms with van der Waals surface area (Å²) in [5.41, 5.74) is -0.181. The van der Waals surface area contributed by atoms with E-state index >= 15 is 0 Å². The van der Waals surface area contributed by atoms with Gasteiger partial charge in [0.2, 0.25) is 0 Å². The molecule has 1 aliphatic rings. The van der Waals surface area contributed by atoms with Crippen molar-refractivity contribution in [1.29, 1.82) is 0 Å². The SMILES string of the molecule is OC(CNC1CCCSC1)c1ccc(C(F)(F)F)cc1. The summed E-state index contributed by atoms with van der Waals surface area (Å²) in [7, 11) is 0. The number of aliphatic hydroxyl groups excluding tert-OH is 1. The Labute approximate surface area is 120 Å². The number of nitrogens with one attached hydrogen (secondary N) is 1. The Kier molecular flexibility index (Phi) is 5.35. The molecule has 1 saturated heterocycles. The molecule has 2 nitrogen and oxygen atoms in total. The average molecular weight is 305 g/mol. The zero-order valence-electron chi connectivity index (χ0n) is 11.0. The number of halogens is 3. The quantitative estimate of drug-likeness (QED) is 0.896. The Hall–Kier alpha value is -0.720. The molecule has 0 radical (unpaired) electrons. The van der Waals surface area contributed by atoms with Crippen LogP contribution in [0.4, 0.5) is 13.2 Å². The number of alkyl halides is 3. The highest BCUT2D eigenvalue weighted by atomic mass is 32.2. The van der Waals surface area contributed by atoms with Crippen LogP contribution in [0.15, 0.2) is 24.3 Å². The molecular formula is C14H18F3NOS. The van der Waals surface area contributed by atoms with Crippen LogP contribution in [0.5, 0.6) is 0 Å². The molecule has 1 fully saturated rings. The van der Waals surface area contributed by atoms with Crippen LogP contribution in [0.2, 0.25) is 0 Å². The van der Waals surface area contributed by atoms with E-state index in [1.807, 2.05) is 11.8 Å². The second-order valence-electron chi connectivity index (χ2n) is 4.96. The van der Waals surface area contributed by atoms with Gasteiger partial charge in [0, 0.05) is 18.3 Å². The first-order valence-electron chi connectivity index (χ1n) is 6.63. The highest BCUT2D eigenvalue weighted by molar-refractivity contribution is 7.99. The Bertz CT molecular complexity index is 415. The fourth-order valence-corrected chi connectivity index (χ4v) is 3.30. The predicted octanol–water partition coefficient (Wildman–Crippen LogP) is 3.22. The highest BCUT2D eigenvalue weighted by Gasteiger charge is 2.30. The van der Waals surface area contributed by atoms with Crippen LogP contribution in [-0.2, 0) is 6.18 Å². The summed E-state index contributed by atoms with van der Waals surface area (Å²) in [6.45, 7) is 0.372. The molecule has 2 rings (SSSR count). The van der Waals surface area contributed by atoms with E-state index in [1.165, 1.54) is 24.3 Å². The minimum absolute atomic E-state index is 0.372. The first-order chi connectivity index (χ1) is 9.47. The zero-order chi connectivity index (χ0) is 14.6. The van der Waals surface area contributed by atoms with E-state index in [9.17, 15) is 18.3 Å². The van der Waals surface area contributed by atoms with Crippen LogP contribution in [0, 0.1) is 0 Å². The molecule has 0 aliphatic carbocycles. The van der Waals surface area contributed by atoms with Gasteiger partial charge in [-0.3, -0.25) is 0 Å². The van der Waals surface area contributed by atoms with Gasteiger partial charge in [-0.1, -0.05) is 12.1 Å². The maximum absolute atomic E-state index is 12.4. The second-order valence-corrected chi connectivity index (χ2v) is 6.11. The fraction of sp³-hybridized carbons (Fsp3) is 0.571. The number of aliphatic hydroxyl groups is 1. The van der Waals surface area contributed by atoms with E-state index in [-0.39, 0.29) is 0 Å². The Morgan fingerprint density at radius 1 is 1.30 bits per heavy atom. The molecule has 0 aromatic heterocycles. The second kappa shape index (κ2) is 6.83. The summed E-state index contributed by atoms with van der Waals surface area (Å²) in [5.74, 6) is 2.21. The lowest BCUT2D eigenvalue weighted by Gasteiger charge is -2.24. The summed E-state index contributed by atoms with van der Waals surface area (Å²) in [4.78, 5) is 0. The van der Waals surface area contributed by atoms with Crippen molar-refractivity contribution in [3.63, 3.8) is 0 Å². The van der Waals surface area contributed by atoms with Crippen molar-refractivity contribution >= 4 is 11.8 Å². The van der Waals surface area contributed by atoms with E-state index in [2.05, 4.69) is 5.32 Å². The third-order valence-electron chi connectivity index (χ3n) is 3.38. The summed E-state index contributed by atoms with van der Waals surface area (Å²) >= 11 is 1.89. The van der Waals surface area contributed by atoms with Crippen LogP contribution in [0.3, 0.4) is 0 Å². The third-order valence-corrected chi connectivity index (χ3v) is 4.60. The molecule has 2 unspecified atom stereocenters. The van der Waals surface area contributed by atoms with Crippen molar-refractivity contribution in [2.24, 2.45) is 0 Å². The van der Waals surface area contributed by atoms with E-state index in [0.717, 1.165) is 24.3 Å². The molecule has 1 heterocycles. The molecule has 6 heteroatoms. The Balaban J connectivity index is 1.87. The molecule has 112 valence electrons. The summed E-state index contributed by atoms with van der Waals surface area (Å²) in [6.07, 6.45) is -2.85. The van der Waals surface area contributed by atoms with Crippen LogP contribution >= 0.6 is 11.8 Å². The number of hydrogen-bond donors (Lipinski definition) is 2. The summed E-state index contributed by atoms with van der Waals surface area (Å²) in [6, 6.07) is 5.08. The molecule has 1 aromatic carbocycles. The standard InChI is InChI=1S/C14H18F3NOS/c15-14(16,17)11-5-3-10(4-6-11)13(19)8-18-12-2-1-7-20-9-12/h3-6,12-13,18-19H,1-2,7-9H2. The Morgan fingerprint density at radius 3 is 2.55 bits per heavy atom. The summed E-state index contributed by atoms with van der Waals surface area (Å²) in [5, 5.41) is 13.3. The van der Waals surface area contributed by atoms with Crippen molar-refractivity contribution in [3.05, 3.63) is 35.4 Å². The summed E-state index contributed by atoms with van der Waals surface area (Å²) < 4.78 is 37.3. The highest BCUT2D eigenvalue weighted by Crippen LogP contribution is 2.29. The maximum Gasteiger partial charge on any atom is 0.416 e. The van der Waals surface area contributed by atoms with Crippen molar-refractivity contribution in [2.75, 3.05) is 18.1 Å². The van der Waals surface area contributed by atoms with Gasteiger partial charge >= 0.3 is 6.18 Å². The maximum atomic E-state index is 12.4. The molecule has 0 saturated carbocycles. The lowest BCUT2D eigenvalue weighted by atomic mass is 10.1. The van der Waals surface area contributed by atoms with Gasteiger partial charge in [-0.15, -0.1) is 0 Å². The van der Waals surface area contributed by atoms with E-state index in [1.54, 1.807) is 0 Å². The molecule has 2 N–H and O–H groups in total. The largest absolute Gasteiger partial charge is 0.416 e. The first kappa shape index (κ1) is 15.7. The average Bonchev–Trinajstić information content (AvgIpc) is 2.45. The van der Waals surface area contributed by atoms with E-state index in [4.69, 9.17) is 0 Å². The third kappa shape index (κ3) is 4.40. The van der Waals surface area contributed by atoms with Crippen LogP contribution in [-0.4, -0.2) is 29.2 Å². The smallest absolute Gasteiger partial charge is 0.387 e. The lowest BCUT2D eigenvalue weighted by molar-refractivity contribution is -0.137. The normalized spacial score (nSPS) is 21.7. The van der Waals surface area contributed by atoms with Gasteiger partial charge in [0.15, 0.2) is 0 Å². The first-order valence-corrected chi connectivity index (χ1v) is 7.78. The molecule has 0 spiro atoms. The fourth-order valence-electron chi connectivity index (χ4n) is 2.19. The lowest BCUT2D eigenvalue weighted by Crippen LogP contribution is -2.36. The number of benzene rings is 1. The van der Waals surface area contributed by atoms with Gasteiger partial charge < -0.3 is 10.4 Å². The molecule has 1 aromatic rings. The predicted molar refractivity (Wildman–Crippen MR) is 74.8 cm³/mol. The van der Waals surface area contributed by atoms with Gasteiger partial charge in [0.1, 0.15) is 0 Å². The zero-order valence-corrected chi connectivity index (χ0v) is 11.8. The van der Waals surface area contributed by atoms with Crippen molar-refractivity contribution in [1.82, 2.24) is 5.32 Å². The van der Waals surface area contributed by atoms with Crippen molar-refractivity contribution in [2.45, 2.75) is 31.2 Å². The van der Waals surface area contributed by atoms with E-state index in [0.29, 0.717) is 18.2 Å². The van der Waals surface area contributed by atoms with Gasteiger partial charge in [0.25, 0.3) is 0 Å². The van der Waals surface area contributed by atoms with Gasteiger partial charge in [0.05, 0.1) is 11.7 Å². The minimum atomic E-state index is -4.33. The molecule has 1 aliphatic heterocycles. The van der Waals surface area contributed by atoms with Crippen LogP contribution < -0.4 is 5.32 Å². The van der Waals surface area contributed by atoms with Crippen LogP contribution in [0.1, 0.15) is 30.1 Å². The minimum Gasteiger partial charge on any atom is -0.387 e. The molecule has 2 atom stereocenters. The number of hydrogen-bond acceptors (Lipinski definition) is 3. The number of rotatable bonds is 4. The van der Waals surface area contributed by atoms with Crippen molar-refractivity contribution in [3.8, 4) is 0 Å². The molecule has 0 amide bonds. The van der Waals surface area contributed by atoms with Crippen molar-refractivity contribution < 1.29 is 18.3 Å². The van der Waals surface area contributed by atoms with Gasteiger partial charge in [-0.2, -0.15) is 24.9 Å².